The number of primary amides is 1. The van der Waals surface area contributed by atoms with Crippen molar-refractivity contribution >= 4 is 11.8 Å². The fraction of sp³-hybridized carbons (Fsp3) is 0.200. The molecule has 2 amide bonds. The number of carbonyl (C=O) groups excluding carboxylic acids is 2. The Bertz CT molecular complexity index is 649. The van der Waals surface area contributed by atoms with E-state index in [-0.39, 0.29) is 11.7 Å². The van der Waals surface area contributed by atoms with Gasteiger partial charge in [0.15, 0.2) is 5.76 Å². The van der Waals surface area contributed by atoms with Gasteiger partial charge in [-0.2, -0.15) is 0 Å². The number of benzene rings is 1. The molecule has 5 nitrogen and oxygen atoms in total. The van der Waals surface area contributed by atoms with Gasteiger partial charge in [-0.3, -0.25) is 9.59 Å². The van der Waals surface area contributed by atoms with Crippen molar-refractivity contribution in [2.75, 3.05) is 6.54 Å². The summed E-state index contributed by atoms with van der Waals surface area (Å²) in [6, 6.07) is 10.0. The number of carbonyl (C=O) groups is 2. The minimum absolute atomic E-state index is 0.218. The maximum Gasteiger partial charge on any atom is 0.290 e. The van der Waals surface area contributed by atoms with Gasteiger partial charge in [0, 0.05) is 6.54 Å². The number of fused-ring (bicyclic) bond motifs is 1. The summed E-state index contributed by atoms with van der Waals surface area (Å²) in [5.41, 5.74) is 7.35. The van der Waals surface area contributed by atoms with Gasteiger partial charge in [-0.05, 0) is 29.7 Å². The number of furan rings is 1. The van der Waals surface area contributed by atoms with Crippen molar-refractivity contribution in [1.29, 1.82) is 0 Å². The molecule has 1 atom stereocenters. The molecule has 20 heavy (non-hydrogen) atoms. The van der Waals surface area contributed by atoms with Gasteiger partial charge in [0.25, 0.3) is 5.91 Å². The van der Waals surface area contributed by atoms with Crippen LogP contribution >= 0.6 is 0 Å². The van der Waals surface area contributed by atoms with E-state index in [1.807, 2.05) is 24.3 Å². The van der Waals surface area contributed by atoms with Crippen LogP contribution in [0, 0.1) is 0 Å². The lowest BCUT2D eigenvalue weighted by molar-refractivity contribution is -0.123. The average molecular weight is 270 g/mol. The summed E-state index contributed by atoms with van der Waals surface area (Å²) in [5.74, 6) is -0.624. The molecule has 1 unspecified atom stereocenters. The van der Waals surface area contributed by atoms with Crippen molar-refractivity contribution in [2.24, 2.45) is 5.73 Å². The van der Waals surface area contributed by atoms with Crippen LogP contribution in [0.15, 0.2) is 47.1 Å². The highest BCUT2D eigenvalue weighted by Gasteiger charge is 2.35. The van der Waals surface area contributed by atoms with E-state index in [2.05, 4.69) is 0 Å². The lowest BCUT2D eigenvalue weighted by Gasteiger charge is -2.34. The third kappa shape index (κ3) is 1.97. The van der Waals surface area contributed by atoms with E-state index in [0.717, 1.165) is 11.1 Å². The van der Waals surface area contributed by atoms with Crippen LogP contribution in [0.5, 0.6) is 0 Å². The van der Waals surface area contributed by atoms with Gasteiger partial charge in [0.1, 0.15) is 6.04 Å². The number of amides is 2. The van der Waals surface area contributed by atoms with Crippen molar-refractivity contribution in [3.63, 3.8) is 0 Å². The number of hydrogen-bond acceptors (Lipinski definition) is 3. The summed E-state index contributed by atoms with van der Waals surface area (Å²) in [6.07, 6.45) is 2.14. The van der Waals surface area contributed by atoms with Crippen LogP contribution in [0.2, 0.25) is 0 Å². The quantitative estimate of drug-likeness (QED) is 0.898. The van der Waals surface area contributed by atoms with Crippen molar-refractivity contribution in [2.45, 2.75) is 12.5 Å². The zero-order chi connectivity index (χ0) is 14.1. The molecule has 1 aliphatic heterocycles. The van der Waals surface area contributed by atoms with Gasteiger partial charge in [-0.15, -0.1) is 0 Å². The number of nitrogens with zero attached hydrogens (tertiary/aromatic N) is 1. The number of hydrogen-bond donors (Lipinski definition) is 1. The van der Waals surface area contributed by atoms with Crippen LogP contribution in [0.25, 0.3) is 0 Å². The molecule has 2 aromatic rings. The van der Waals surface area contributed by atoms with Crippen molar-refractivity contribution in [1.82, 2.24) is 4.90 Å². The number of nitrogens with two attached hydrogens (primary N) is 1. The van der Waals surface area contributed by atoms with Gasteiger partial charge in [0.2, 0.25) is 5.91 Å². The second-order valence-electron chi connectivity index (χ2n) is 4.73. The molecule has 0 radical (unpaired) electrons. The van der Waals surface area contributed by atoms with E-state index in [1.165, 1.54) is 11.2 Å². The van der Waals surface area contributed by atoms with Gasteiger partial charge >= 0.3 is 0 Å². The minimum Gasteiger partial charge on any atom is -0.459 e. The minimum atomic E-state index is -0.738. The molecule has 2 heterocycles. The van der Waals surface area contributed by atoms with Crippen LogP contribution < -0.4 is 5.73 Å². The fourth-order valence-electron chi connectivity index (χ4n) is 2.63. The van der Waals surface area contributed by atoms with E-state index in [4.69, 9.17) is 10.2 Å². The molecule has 1 aromatic carbocycles. The maximum atomic E-state index is 12.4. The molecule has 0 fully saturated rings. The van der Waals surface area contributed by atoms with Crippen molar-refractivity contribution in [3.05, 3.63) is 59.5 Å². The third-order valence-electron chi connectivity index (χ3n) is 3.55. The third-order valence-corrected chi connectivity index (χ3v) is 3.55. The normalized spacial score (nSPS) is 17.6. The van der Waals surface area contributed by atoms with Gasteiger partial charge < -0.3 is 15.1 Å². The molecule has 2 N–H and O–H groups in total. The first-order valence-electron chi connectivity index (χ1n) is 6.40. The van der Waals surface area contributed by atoms with Crippen LogP contribution in [0.4, 0.5) is 0 Å². The highest BCUT2D eigenvalue weighted by Crippen LogP contribution is 2.30. The molecule has 0 saturated carbocycles. The number of rotatable bonds is 2. The monoisotopic (exact) mass is 270 g/mol. The summed E-state index contributed by atoms with van der Waals surface area (Å²) >= 11 is 0. The Hall–Kier alpha value is -2.56. The molecule has 0 bridgehead atoms. The largest absolute Gasteiger partial charge is 0.459 e. The predicted molar refractivity (Wildman–Crippen MR) is 71.8 cm³/mol. The Kier molecular flexibility index (Phi) is 3.02. The Labute approximate surface area is 116 Å². The van der Waals surface area contributed by atoms with Crippen LogP contribution in [-0.2, 0) is 11.2 Å². The molecule has 1 aliphatic rings. The van der Waals surface area contributed by atoms with Gasteiger partial charge in [-0.25, -0.2) is 0 Å². The highest BCUT2D eigenvalue weighted by molar-refractivity contribution is 5.96. The van der Waals surface area contributed by atoms with Crippen LogP contribution in [0.1, 0.15) is 27.7 Å². The highest BCUT2D eigenvalue weighted by atomic mass is 16.3. The van der Waals surface area contributed by atoms with E-state index in [9.17, 15) is 9.59 Å². The molecule has 5 heteroatoms. The summed E-state index contributed by atoms with van der Waals surface area (Å²) in [6.45, 7) is 0.449. The van der Waals surface area contributed by atoms with E-state index in [1.54, 1.807) is 12.1 Å². The summed E-state index contributed by atoms with van der Waals surface area (Å²) in [7, 11) is 0. The molecule has 3 rings (SSSR count). The van der Waals surface area contributed by atoms with Crippen LogP contribution in [-0.4, -0.2) is 23.3 Å². The molecular weight excluding hydrogens is 256 g/mol. The maximum absolute atomic E-state index is 12.4. The van der Waals surface area contributed by atoms with E-state index >= 15 is 0 Å². The molecular formula is C15H14N2O3. The molecule has 1 aromatic heterocycles. The fourth-order valence-corrected chi connectivity index (χ4v) is 2.63. The van der Waals surface area contributed by atoms with E-state index < -0.39 is 11.9 Å². The Morgan fingerprint density at radius 1 is 1.20 bits per heavy atom. The zero-order valence-corrected chi connectivity index (χ0v) is 10.8. The first kappa shape index (κ1) is 12.5. The molecule has 0 saturated heterocycles. The van der Waals surface area contributed by atoms with Gasteiger partial charge in [-0.1, -0.05) is 24.3 Å². The zero-order valence-electron chi connectivity index (χ0n) is 10.8. The average Bonchev–Trinajstić information content (AvgIpc) is 2.99. The topological polar surface area (TPSA) is 76.5 Å². The lowest BCUT2D eigenvalue weighted by Crippen LogP contribution is -2.45. The second kappa shape index (κ2) is 4.85. The molecule has 0 aliphatic carbocycles. The Balaban J connectivity index is 2.01. The molecule has 0 spiro atoms. The SMILES string of the molecule is NC(=O)C1c2ccccc2CCN1C(=O)c1ccco1. The first-order valence-corrected chi connectivity index (χ1v) is 6.40. The predicted octanol–water partition coefficient (Wildman–Crippen LogP) is 1.50. The Morgan fingerprint density at radius 2 is 2.00 bits per heavy atom. The van der Waals surface area contributed by atoms with Crippen molar-refractivity contribution in [3.8, 4) is 0 Å². The van der Waals surface area contributed by atoms with Crippen LogP contribution in [0.3, 0.4) is 0 Å². The molecule has 102 valence electrons. The van der Waals surface area contributed by atoms with Gasteiger partial charge in [0.05, 0.1) is 6.26 Å². The first-order chi connectivity index (χ1) is 9.68. The summed E-state index contributed by atoms with van der Waals surface area (Å²) in [4.78, 5) is 25.7. The Morgan fingerprint density at radius 3 is 2.70 bits per heavy atom. The van der Waals surface area contributed by atoms with Crippen molar-refractivity contribution < 1.29 is 14.0 Å². The lowest BCUT2D eigenvalue weighted by atomic mass is 9.92. The standard InChI is InChI=1S/C15H14N2O3/c16-14(18)13-11-5-2-1-4-10(11)7-8-17(13)15(19)12-6-3-9-20-12/h1-6,9,13H,7-8H2,(H2,16,18). The second-order valence-corrected chi connectivity index (χ2v) is 4.73. The smallest absolute Gasteiger partial charge is 0.290 e. The summed E-state index contributed by atoms with van der Waals surface area (Å²) < 4.78 is 5.12. The van der Waals surface area contributed by atoms with E-state index in [0.29, 0.717) is 13.0 Å². The summed E-state index contributed by atoms with van der Waals surface area (Å²) in [5, 5.41) is 0.